The highest BCUT2D eigenvalue weighted by Gasteiger charge is 2.16. The van der Waals surface area contributed by atoms with Crippen LogP contribution in [0.5, 0.6) is 0 Å². The van der Waals surface area contributed by atoms with Gasteiger partial charge < -0.3 is 20.2 Å². The van der Waals surface area contributed by atoms with E-state index in [0.717, 1.165) is 39.0 Å². The van der Waals surface area contributed by atoms with Crippen molar-refractivity contribution in [2.24, 2.45) is 0 Å². The summed E-state index contributed by atoms with van der Waals surface area (Å²) < 4.78 is 0. The average molecular weight is 339 g/mol. The molecule has 0 bridgehead atoms. The number of benzene rings is 2. The van der Waals surface area contributed by atoms with E-state index in [1.165, 1.54) is 22.5 Å². The minimum absolute atomic E-state index is 0.119. The number of aliphatic hydroxyl groups excluding tert-OH is 1. The van der Waals surface area contributed by atoms with Gasteiger partial charge in [-0.3, -0.25) is 0 Å². The van der Waals surface area contributed by atoms with E-state index in [1.807, 2.05) is 0 Å². The van der Waals surface area contributed by atoms with Gasteiger partial charge >= 0.3 is 0 Å². The molecule has 2 N–H and O–H groups in total. The van der Waals surface area contributed by atoms with Crippen molar-refractivity contribution in [1.29, 1.82) is 0 Å². The highest BCUT2D eigenvalue weighted by Crippen LogP contribution is 2.20. The molecule has 0 amide bonds. The molecule has 3 rings (SSSR count). The SMILES string of the molecule is CN(C)c1ccc(CNCc2ccc(N3CCC(O)CC3)cc2)cc1. The molecule has 4 heteroatoms. The summed E-state index contributed by atoms with van der Waals surface area (Å²) in [6.07, 6.45) is 1.62. The van der Waals surface area contributed by atoms with Crippen molar-refractivity contribution in [2.45, 2.75) is 32.0 Å². The summed E-state index contributed by atoms with van der Waals surface area (Å²) in [5.74, 6) is 0. The Hall–Kier alpha value is -2.04. The summed E-state index contributed by atoms with van der Waals surface area (Å²) in [7, 11) is 4.12. The molecule has 1 heterocycles. The molecule has 0 saturated carbocycles. The summed E-state index contributed by atoms with van der Waals surface area (Å²) in [5.41, 5.74) is 5.08. The van der Waals surface area contributed by atoms with E-state index in [2.05, 4.69) is 77.7 Å². The van der Waals surface area contributed by atoms with Gasteiger partial charge in [-0.05, 0) is 48.2 Å². The van der Waals surface area contributed by atoms with Crippen LogP contribution >= 0.6 is 0 Å². The van der Waals surface area contributed by atoms with E-state index in [9.17, 15) is 5.11 Å². The normalized spacial score (nSPS) is 15.4. The van der Waals surface area contributed by atoms with Gasteiger partial charge in [-0.2, -0.15) is 0 Å². The van der Waals surface area contributed by atoms with Gasteiger partial charge in [0.2, 0.25) is 0 Å². The van der Waals surface area contributed by atoms with Crippen LogP contribution in [0.4, 0.5) is 11.4 Å². The maximum atomic E-state index is 9.61. The maximum absolute atomic E-state index is 9.61. The van der Waals surface area contributed by atoms with Crippen LogP contribution < -0.4 is 15.1 Å². The number of hydrogen-bond donors (Lipinski definition) is 2. The lowest BCUT2D eigenvalue weighted by molar-refractivity contribution is 0.145. The first-order chi connectivity index (χ1) is 12.1. The van der Waals surface area contributed by atoms with E-state index < -0.39 is 0 Å². The van der Waals surface area contributed by atoms with Crippen LogP contribution in [0, 0.1) is 0 Å². The second-order valence-corrected chi connectivity index (χ2v) is 7.05. The van der Waals surface area contributed by atoms with Crippen molar-refractivity contribution in [3.63, 3.8) is 0 Å². The summed E-state index contributed by atoms with van der Waals surface area (Å²) >= 11 is 0. The maximum Gasteiger partial charge on any atom is 0.0574 e. The number of anilines is 2. The molecule has 1 fully saturated rings. The van der Waals surface area contributed by atoms with Gasteiger partial charge in [0.15, 0.2) is 0 Å². The van der Waals surface area contributed by atoms with Gasteiger partial charge in [-0.1, -0.05) is 24.3 Å². The Balaban J connectivity index is 1.47. The summed E-state index contributed by atoms with van der Waals surface area (Å²) in [6.45, 7) is 3.64. The molecule has 0 unspecified atom stereocenters. The molecule has 4 nitrogen and oxygen atoms in total. The first-order valence-electron chi connectivity index (χ1n) is 9.11. The lowest BCUT2D eigenvalue weighted by Crippen LogP contribution is -2.35. The van der Waals surface area contributed by atoms with Gasteiger partial charge in [-0.15, -0.1) is 0 Å². The van der Waals surface area contributed by atoms with Crippen LogP contribution in [-0.2, 0) is 13.1 Å². The third-order valence-corrected chi connectivity index (χ3v) is 4.88. The van der Waals surface area contributed by atoms with Gasteiger partial charge in [0, 0.05) is 51.6 Å². The Morgan fingerprint density at radius 1 is 0.920 bits per heavy atom. The molecule has 1 aliphatic heterocycles. The van der Waals surface area contributed by atoms with E-state index in [-0.39, 0.29) is 6.10 Å². The minimum atomic E-state index is -0.119. The topological polar surface area (TPSA) is 38.7 Å². The summed E-state index contributed by atoms with van der Waals surface area (Å²) in [5, 5.41) is 13.1. The lowest BCUT2D eigenvalue weighted by atomic mass is 10.1. The van der Waals surface area contributed by atoms with Crippen molar-refractivity contribution in [3.8, 4) is 0 Å². The molecule has 1 aliphatic rings. The predicted octanol–water partition coefficient (Wildman–Crippen LogP) is 3.00. The number of rotatable bonds is 6. The fourth-order valence-corrected chi connectivity index (χ4v) is 3.21. The van der Waals surface area contributed by atoms with E-state index >= 15 is 0 Å². The molecule has 0 aromatic heterocycles. The second kappa shape index (κ2) is 8.37. The number of piperidine rings is 1. The van der Waals surface area contributed by atoms with Crippen molar-refractivity contribution in [3.05, 3.63) is 59.7 Å². The average Bonchev–Trinajstić information content (AvgIpc) is 2.63. The first kappa shape index (κ1) is 17.8. The number of aliphatic hydroxyl groups is 1. The number of nitrogens with zero attached hydrogens (tertiary/aromatic N) is 2. The Labute approximate surface area is 151 Å². The van der Waals surface area contributed by atoms with Gasteiger partial charge in [-0.25, -0.2) is 0 Å². The fourth-order valence-electron chi connectivity index (χ4n) is 3.21. The van der Waals surface area contributed by atoms with Gasteiger partial charge in [0.05, 0.1) is 6.10 Å². The quantitative estimate of drug-likeness (QED) is 0.849. The van der Waals surface area contributed by atoms with E-state index in [4.69, 9.17) is 0 Å². The fraction of sp³-hybridized carbons (Fsp3) is 0.429. The summed E-state index contributed by atoms with van der Waals surface area (Å²) in [6, 6.07) is 17.4. The van der Waals surface area contributed by atoms with Crippen LogP contribution in [0.3, 0.4) is 0 Å². The number of hydrogen-bond acceptors (Lipinski definition) is 4. The Morgan fingerprint density at radius 2 is 1.44 bits per heavy atom. The smallest absolute Gasteiger partial charge is 0.0574 e. The molecule has 0 aliphatic carbocycles. The molecule has 2 aromatic carbocycles. The van der Waals surface area contributed by atoms with Crippen LogP contribution in [0.1, 0.15) is 24.0 Å². The van der Waals surface area contributed by atoms with Gasteiger partial charge in [0.1, 0.15) is 0 Å². The standard InChI is InChI=1S/C21H29N3O/c1-23(2)19-7-3-17(4-8-19)15-22-16-18-5-9-20(10-6-18)24-13-11-21(25)12-14-24/h3-10,21-22,25H,11-16H2,1-2H3. The van der Waals surface area contributed by atoms with Crippen molar-refractivity contribution < 1.29 is 5.11 Å². The third kappa shape index (κ3) is 4.97. The highest BCUT2D eigenvalue weighted by molar-refractivity contribution is 5.48. The Morgan fingerprint density at radius 3 is 1.96 bits per heavy atom. The Bertz CT molecular complexity index is 644. The molecule has 25 heavy (non-hydrogen) atoms. The second-order valence-electron chi connectivity index (χ2n) is 7.05. The van der Waals surface area contributed by atoms with Crippen LogP contribution in [0.15, 0.2) is 48.5 Å². The summed E-state index contributed by atoms with van der Waals surface area (Å²) in [4.78, 5) is 4.47. The van der Waals surface area contributed by atoms with Crippen LogP contribution in [-0.4, -0.2) is 38.4 Å². The molecule has 134 valence electrons. The molecular formula is C21H29N3O. The Kier molecular flexibility index (Phi) is 5.95. The molecular weight excluding hydrogens is 310 g/mol. The molecule has 2 aromatic rings. The van der Waals surface area contributed by atoms with Crippen molar-refractivity contribution >= 4 is 11.4 Å². The lowest BCUT2D eigenvalue weighted by Gasteiger charge is -2.31. The van der Waals surface area contributed by atoms with E-state index in [0.29, 0.717) is 0 Å². The zero-order chi connectivity index (χ0) is 17.6. The monoisotopic (exact) mass is 339 g/mol. The van der Waals surface area contributed by atoms with Crippen LogP contribution in [0.2, 0.25) is 0 Å². The van der Waals surface area contributed by atoms with Crippen molar-refractivity contribution in [2.75, 3.05) is 37.0 Å². The molecule has 1 saturated heterocycles. The largest absolute Gasteiger partial charge is 0.393 e. The zero-order valence-electron chi connectivity index (χ0n) is 15.3. The zero-order valence-corrected chi connectivity index (χ0v) is 15.3. The number of nitrogens with one attached hydrogen (secondary N) is 1. The van der Waals surface area contributed by atoms with Crippen molar-refractivity contribution in [1.82, 2.24) is 5.32 Å². The highest BCUT2D eigenvalue weighted by atomic mass is 16.3. The predicted molar refractivity (Wildman–Crippen MR) is 105 cm³/mol. The molecule has 0 spiro atoms. The van der Waals surface area contributed by atoms with Gasteiger partial charge in [0.25, 0.3) is 0 Å². The first-order valence-corrected chi connectivity index (χ1v) is 9.11. The molecule has 0 radical (unpaired) electrons. The third-order valence-electron chi connectivity index (χ3n) is 4.88. The molecule has 0 atom stereocenters. The van der Waals surface area contributed by atoms with E-state index in [1.54, 1.807) is 0 Å². The minimum Gasteiger partial charge on any atom is -0.393 e. The van der Waals surface area contributed by atoms with Crippen LogP contribution in [0.25, 0.3) is 0 Å².